The number of hydrogen-bond donors (Lipinski definition) is 1. The zero-order valence-corrected chi connectivity index (χ0v) is 13.9. The number of imidazole rings is 1. The van der Waals surface area contributed by atoms with Crippen LogP contribution in [-0.2, 0) is 22.6 Å². The van der Waals surface area contributed by atoms with Gasteiger partial charge >= 0.3 is 5.97 Å². The third kappa shape index (κ3) is 5.06. The topological polar surface area (TPSA) is 78.7 Å². The summed E-state index contributed by atoms with van der Waals surface area (Å²) in [6.45, 7) is 2.02. The number of likely N-dealkylation sites (tertiary alicyclic amines) is 1. The Bertz CT molecular complexity index is 541. The monoisotopic (exact) mass is 322 g/mol. The summed E-state index contributed by atoms with van der Waals surface area (Å²) in [7, 11) is 4.11. The minimum absolute atomic E-state index is 0.0634. The van der Waals surface area contributed by atoms with Crippen LogP contribution in [0.1, 0.15) is 31.5 Å². The van der Waals surface area contributed by atoms with Gasteiger partial charge in [-0.25, -0.2) is 4.98 Å². The van der Waals surface area contributed by atoms with Gasteiger partial charge in [0.25, 0.3) is 0 Å². The molecule has 1 atom stereocenters. The molecule has 1 fully saturated rings. The maximum absolute atomic E-state index is 12.4. The van der Waals surface area contributed by atoms with E-state index in [4.69, 9.17) is 5.11 Å². The van der Waals surface area contributed by atoms with Gasteiger partial charge in [0.15, 0.2) is 0 Å². The maximum Gasteiger partial charge on any atom is 0.305 e. The van der Waals surface area contributed by atoms with Gasteiger partial charge in [-0.1, -0.05) is 0 Å². The molecule has 0 aliphatic carbocycles. The highest BCUT2D eigenvalue weighted by molar-refractivity contribution is 5.76. The van der Waals surface area contributed by atoms with E-state index in [1.54, 1.807) is 12.4 Å². The van der Waals surface area contributed by atoms with Gasteiger partial charge in [0.2, 0.25) is 5.91 Å². The Labute approximate surface area is 136 Å². The van der Waals surface area contributed by atoms with Crippen molar-refractivity contribution in [1.29, 1.82) is 0 Å². The van der Waals surface area contributed by atoms with Gasteiger partial charge in [-0.3, -0.25) is 9.59 Å². The molecule has 1 unspecified atom stereocenters. The average molecular weight is 322 g/mol. The summed E-state index contributed by atoms with van der Waals surface area (Å²) < 4.78 is 1.82. The molecular formula is C16H26N4O3. The first kappa shape index (κ1) is 17.5. The number of hydrogen-bond acceptors (Lipinski definition) is 4. The third-order valence-electron chi connectivity index (χ3n) is 4.41. The molecule has 1 saturated heterocycles. The molecule has 1 aromatic heterocycles. The molecule has 0 radical (unpaired) electrons. The van der Waals surface area contributed by atoms with E-state index >= 15 is 0 Å². The van der Waals surface area contributed by atoms with E-state index in [-0.39, 0.29) is 12.3 Å². The molecule has 7 heteroatoms. The maximum atomic E-state index is 12.4. The highest BCUT2D eigenvalue weighted by Crippen LogP contribution is 2.15. The fourth-order valence-electron chi connectivity index (χ4n) is 2.97. The van der Waals surface area contributed by atoms with Crippen LogP contribution in [0.15, 0.2) is 12.4 Å². The number of carbonyl (C=O) groups excluding carboxylic acids is 1. The van der Waals surface area contributed by atoms with Crippen LogP contribution < -0.4 is 0 Å². The fraction of sp³-hybridized carbons (Fsp3) is 0.688. The number of likely N-dealkylation sites (N-methyl/N-ethyl adjacent to an activating group) is 1. The zero-order chi connectivity index (χ0) is 16.8. The molecule has 0 bridgehead atoms. The lowest BCUT2D eigenvalue weighted by Gasteiger charge is -2.36. The second-order valence-electron chi connectivity index (χ2n) is 6.28. The van der Waals surface area contributed by atoms with E-state index in [1.165, 1.54) is 0 Å². The lowest BCUT2D eigenvalue weighted by Crippen LogP contribution is -2.47. The van der Waals surface area contributed by atoms with Crippen LogP contribution in [0.3, 0.4) is 0 Å². The molecule has 2 heterocycles. The molecule has 0 aromatic carbocycles. The molecule has 1 aromatic rings. The number of rotatable bonds is 7. The van der Waals surface area contributed by atoms with Crippen molar-refractivity contribution in [2.75, 3.05) is 27.2 Å². The summed E-state index contributed by atoms with van der Waals surface area (Å²) in [5.41, 5.74) is 0. The normalized spacial score (nSPS) is 18.4. The van der Waals surface area contributed by atoms with Crippen LogP contribution in [0.25, 0.3) is 0 Å². The molecule has 0 saturated carbocycles. The summed E-state index contributed by atoms with van der Waals surface area (Å²) in [4.78, 5) is 31.4. The molecule has 128 valence electrons. The van der Waals surface area contributed by atoms with Crippen LogP contribution in [0.4, 0.5) is 0 Å². The van der Waals surface area contributed by atoms with Crippen LogP contribution in [-0.4, -0.2) is 69.6 Å². The Morgan fingerprint density at radius 2 is 2.17 bits per heavy atom. The summed E-state index contributed by atoms with van der Waals surface area (Å²) in [5, 5.41) is 8.76. The predicted octanol–water partition coefficient (Wildman–Crippen LogP) is 0.843. The van der Waals surface area contributed by atoms with Crippen LogP contribution in [0.5, 0.6) is 0 Å². The highest BCUT2D eigenvalue weighted by Gasteiger charge is 2.24. The highest BCUT2D eigenvalue weighted by atomic mass is 16.4. The molecule has 0 spiro atoms. The second kappa shape index (κ2) is 8.10. The SMILES string of the molecule is CN(C)C1CCCN(C(=O)CCc2nccn2CCC(=O)O)C1. The summed E-state index contributed by atoms with van der Waals surface area (Å²) in [6, 6.07) is 0.435. The molecule has 1 aliphatic heterocycles. The lowest BCUT2D eigenvalue weighted by molar-refractivity contribution is -0.137. The van der Waals surface area contributed by atoms with Crippen LogP contribution in [0.2, 0.25) is 0 Å². The molecule has 1 aliphatic rings. The fourth-order valence-corrected chi connectivity index (χ4v) is 2.97. The Hall–Kier alpha value is -1.89. The predicted molar refractivity (Wildman–Crippen MR) is 86.1 cm³/mol. The van der Waals surface area contributed by atoms with Gasteiger partial charge in [-0.15, -0.1) is 0 Å². The minimum atomic E-state index is -0.830. The summed E-state index contributed by atoms with van der Waals surface area (Å²) in [6.07, 6.45) is 6.64. The van der Waals surface area contributed by atoms with Gasteiger partial charge in [0.1, 0.15) is 5.82 Å². The Morgan fingerprint density at radius 1 is 1.39 bits per heavy atom. The molecule has 23 heavy (non-hydrogen) atoms. The number of carbonyl (C=O) groups is 2. The van der Waals surface area contributed by atoms with Gasteiger partial charge in [0, 0.05) is 50.9 Å². The number of piperidine rings is 1. The number of aliphatic carboxylic acids is 1. The van der Waals surface area contributed by atoms with Gasteiger partial charge in [-0.2, -0.15) is 0 Å². The first-order valence-electron chi connectivity index (χ1n) is 8.13. The molecule has 2 rings (SSSR count). The molecule has 1 N–H and O–H groups in total. The van der Waals surface area contributed by atoms with E-state index in [0.29, 0.717) is 25.4 Å². The largest absolute Gasteiger partial charge is 0.481 e. The van der Waals surface area contributed by atoms with Crippen molar-refractivity contribution in [1.82, 2.24) is 19.4 Å². The Kier molecular flexibility index (Phi) is 6.15. The van der Waals surface area contributed by atoms with Crippen LogP contribution in [0, 0.1) is 0 Å². The number of nitrogens with zero attached hydrogens (tertiary/aromatic N) is 4. The van der Waals surface area contributed by atoms with Crippen molar-refractivity contribution in [2.45, 2.75) is 44.7 Å². The average Bonchev–Trinajstić information content (AvgIpc) is 2.98. The third-order valence-corrected chi connectivity index (χ3v) is 4.41. The Balaban J connectivity index is 1.84. The van der Waals surface area contributed by atoms with Gasteiger partial charge in [0.05, 0.1) is 6.42 Å². The van der Waals surface area contributed by atoms with Gasteiger partial charge < -0.3 is 19.5 Å². The second-order valence-corrected chi connectivity index (χ2v) is 6.28. The van der Waals surface area contributed by atoms with Crippen molar-refractivity contribution in [2.24, 2.45) is 0 Å². The minimum Gasteiger partial charge on any atom is -0.481 e. The van der Waals surface area contributed by atoms with Crippen molar-refractivity contribution < 1.29 is 14.7 Å². The lowest BCUT2D eigenvalue weighted by atomic mass is 10.0. The van der Waals surface area contributed by atoms with E-state index in [1.807, 2.05) is 9.47 Å². The van der Waals surface area contributed by atoms with E-state index < -0.39 is 5.97 Å². The van der Waals surface area contributed by atoms with E-state index in [0.717, 1.165) is 31.8 Å². The van der Waals surface area contributed by atoms with Crippen molar-refractivity contribution >= 4 is 11.9 Å². The standard InChI is InChI=1S/C16H26N4O3/c1-18(2)13-4-3-9-20(12-13)15(21)6-5-14-17-8-11-19(14)10-7-16(22)23/h8,11,13H,3-7,9-10,12H2,1-2H3,(H,22,23). The molecule has 7 nitrogen and oxygen atoms in total. The zero-order valence-electron chi connectivity index (χ0n) is 13.9. The number of carboxylic acids is 1. The number of aryl methyl sites for hydroxylation is 2. The summed E-state index contributed by atoms with van der Waals surface area (Å²) in [5.74, 6) is 0.105. The van der Waals surface area contributed by atoms with Crippen molar-refractivity contribution in [3.05, 3.63) is 18.2 Å². The van der Waals surface area contributed by atoms with Gasteiger partial charge in [-0.05, 0) is 26.9 Å². The van der Waals surface area contributed by atoms with E-state index in [2.05, 4.69) is 24.0 Å². The smallest absolute Gasteiger partial charge is 0.305 e. The van der Waals surface area contributed by atoms with E-state index in [9.17, 15) is 9.59 Å². The Morgan fingerprint density at radius 3 is 2.87 bits per heavy atom. The molecule has 1 amide bonds. The first-order chi connectivity index (χ1) is 11.0. The number of carboxylic acid groups (broad SMARTS) is 1. The van der Waals surface area contributed by atoms with Crippen molar-refractivity contribution in [3.63, 3.8) is 0 Å². The quantitative estimate of drug-likeness (QED) is 0.805. The summed E-state index contributed by atoms with van der Waals surface area (Å²) >= 11 is 0. The molecular weight excluding hydrogens is 296 g/mol. The number of amides is 1. The van der Waals surface area contributed by atoms with Crippen molar-refractivity contribution in [3.8, 4) is 0 Å². The number of aromatic nitrogens is 2. The van der Waals surface area contributed by atoms with Crippen LogP contribution >= 0.6 is 0 Å². The first-order valence-corrected chi connectivity index (χ1v) is 8.13.